The average molecular weight is 681 g/mol. The Kier molecular flexibility index (Phi) is 14.7. The van der Waals surface area contributed by atoms with Crippen LogP contribution in [0, 0.1) is 12.8 Å². The Hall–Kier alpha value is -3.50. The number of benzene rings is 1. The van der Waals surface area contributed by atoms with Crippen molar-refractivity contribution in [3.8, 4) is 16.2 Å². The number of ether oxygens (including phenoxy) is 3. The van der Waals surface area contributed by atoms with E-state index in [1.165, 1.54) is 56.8 Å². The molecule has 3 heterocycles. The fraction of sp³-hybridized carbons (Fsp3) is 0.579. The van der Waals surface area contributed by atoms with Crippen molar-refractivity contribution in [3.63, 3.8) is 0 Å². The number of aromatic nitrogens is 2. The van der Waals surface area contributed by atoms with E-state index in [0.29, 0.717) is 19.1 Å². The smallest absolute Gasteiger partial charge is 0.407 e. The highest BCUT2D eigenvalue weighted by molar-refractivity contribution is 7.15. The maximum atomic E-state index is 12.7. The predicted molar refractivity (Wildman–Crippen MR) is 195 cm³/mol. The van der Waals surface area contributed by atoms with Crippen molar-refractivity contribution < 1.29 is 25.2 Å². The van der Waals surface area contributed by atoms with E-state index in [0.717, 1.165) is 58.6 Å². The van der Waals surface area contributed by atoms with Crippen molar-refractivity contribution in [2.24, 2.45) is 5.92 Å². The molecule has 3 aliphatic rings. The second-order valence-corrected chi connectivity index (χ2v) is 14.3. The lowest BCUT2D eigenvalue weighted by molar-refractivity contribution is -0.123. The number of methoxy groups -OCH3 is 2. The van der Waals surface area contributed by atoms with Gasteiger partial charge in [0, 0.05) is 32.7 Å². The van der Waals surface area contributed by atoms with Gasteiger partial charge in [0.1, 0.15) is 11.6 Å². The summed E-state index contributed by atoms with van der Waals surface area (Å²) in [6, 6.07) is 10.8. The molecular formula is C38H56N4O5S. The minimum atomic E-state index is -0.386. The molecule has 3 fully saturated rings. The molecule has 0 atom stereocenters. The molecule has 48 heavy (non-hydrogen) atoms. The zero-order valence-electron chi connectivity index (χ0n) is 29.6. The third kappa shape index (κ3) is 10.8. The summed E-state index contributed by atoms with van der Waals surface area (Å²) in [6.45, 7) is 7.64. The van der Waals surface area contributed by atoms with E-state index < -0.39 is 0 Å². The number of thiazole rings is 1. The molecule has 1 N–H and O–H groups in total. The molecule has 1 saturated heterocycles. The molecule has 0 unspecified atom stereocenters. The van der Waals surface area contributed by atoms with Gasteiger partial charge < -0.3 is 19.5 Å². The minimum absolute atomic E-state index is 0. The molecule has 0 radical (unpaired) electrons. The second kappa shape index (κ2) is 18.9. The van der Waals surface area contributed by atoms with Crippen molar-refractivity contribution >= 4 is 29.2 Å². The summed E-state index contributed by atoms with van der Waals surface area (Å²) in [5.41, 5.74) is 3.85. The molecule has 2 amide bonds. The zero-order valence-corrected chi connectivity index (χ0v) is 30.4. The molecule has 2 aromatic heterocycles. The molecule has 0 spiro atoms. The number of anilines is 1. The van der Waals surface area contributed by atoms with E-state index >= 15 is 0 Å². The monoisotopic (exact) mass is 680 g/mol. The summed E-state index contributed by atoms with van der Waals surface area (Å²) < 4.78 is 14.4. The Morgan fingerprint density at radius 3 is 2.23 bits per heavy atom. The van der Waals surface area contributed by atoms with Crippen LogP contribution in [0.2, 0.25) is 0 Å². The first-order valence-corrected chi connectivity index (χ1v) is 18.3. The van der Waals surface area contributed by atoms with Crippen LogP contribution in [0.5, 0.6) is 5.75 Å². The van der Waals surface area contributed by atoms with Gasteiger partial charge in [0.25, 0.3) is 0 Å². The van der Waals surface area contributed by atoms with Crippen molar-refractivity contribution in [1.82, 2.24) is 15.3 Å². The highest BCUT2D eigenvalue weighted by Gasteiger charge is 2.25. The van der Waals surface area contributed by atoms with Crippen LogP contribution in [0.1, 0.15) is 107 Å². The summed E-state index contributed by atoms with van der Waals surface area (Å²) in [6.07, 6.45) is 15.9. The van der Waals surface area contributed by atoms with Gasteiger partial charge in [-0.25, -0.2) is 14.8 Å². The molecule has 2 aliphatic carbocycles. The van der Waals surface area contributed by atoms with E-state index in [4.69, 9.17) is 9.47 Å². The lowest BCUT2D eigenvalue weighted by Crippen LogP contribution is -2.48. The van der Waals surface area contributed by atoms with Crippen molar-refractivity contribution in [2.45, 2.75) is 103 Å². The molecule has 0 bridgehead atoms. The number of hydrogen-bond donors (Lipinski definition) is 1. The number of nitrogens with one attached hydrogen (secondary N) is 1. The molecule has 3 aromatic rings. The minimum Gasteiger partial charge on any atom is -0.496 e. The van der Waals surface area contributed by atoms with Gasteiger partial charge in [0.2, 0.25) is 5.91 Å². The maximum Gasteiger partial charge on any atom is 0.407 e. The lowest BCUT2D eigenvalue weighted by atomic mass is 9.83. The number of alkyl carbamates (subject to hydrolysis) is 1. The highest BCUT2D eigenvalue weighted by atomic mass is 32.1. The van der Waals surface area contributed by atoms with Gasteiger partial charge >= 0.3 is 6.09 Å². The molecular weight excluding hydrogens is 625 g/mol. The number of amides is 2. The zero-order chi connectivity index (χ0) is 34.5. The Morgan fingerprint density at radius 1 is 0.979 bits per heavy atom. The largest absolute Gasteiger partial charge is 0.496 e. The molecule has 10 heteroatoms. The fourth-order valence-corrected chi connectivity index (χ4v) is 7.23. The van der Waals surface area contributed by atoms with Crippen LogP contribution in [0.25, 0.3) is 10.4 Å². The van der Waals surface area contributed by atoms with E-state index in [2.05, 4.69) is 59.0 Å². The first kappa shape index (κ1) is 37.3. The van der Waals surface area contributed by atoms with Crippen LogP contribution in [0.3, 0.4) is 0 Å². The van der Waals surface area contributed by atoms with E-state index in [9.17, 15) is 9.59 Å². The quantitative estimate of drug-likeness (QED) is 0.266. The van der Waals surface area contributed by atoms with Crippen LogP contribution < -0.4 is 15.0 Å². The third-order valence-electron chi connectivity index (χ3n) is 9.32. The van der Waals surface area contributed by atoms with Gasteiger partial charge in [-0.1, -0.05) is 64.5 Å². The second-order valence-electron chi connectivity index (χ2n) is 13.3. The molecule has 264 valence electrons. The summed E-state index contributed by atoms with van der Waals surface area (Å²) in [5, 5.41) is 3.71. The fourth-order valence-electron chi connectivity index (χ4n) is 6.32. The SMILES string of the molecule is CC(C)c1ncc(-c2ccnc(N(C)C(=O)C3CCCCC3)c2)s1.COC(=O)NC1COC1.COc1ccc(C2CCCCC2)cc1C.[HH]. The van der Waals surface area contributed by atoms with Gasteiger partial charge in [-0.2, -0.15) is 0 Å². The van der Waals surface area contributed by atoms with Crippen molar-refractivity contribution in [3.05, 3.63) is 58.9 Å². The first-order valence-electron chi connectivity index (χ1n) is 17.5. The topological polar surface area (TPSA) is 103 Å². The van der Waals surface area contributed by atoms with Gasteiger partial charge in [0.15, 0.2) is 0 Å². The average Bonchev–Trinajstić information content (AvgIpc) is 3.62. The lowest BCUT2D eigenvalue weighted by Gasteiger charge is -2.26. The van der Waals surface area contributed by atoms with Gasteiger partial charge in [0.05, 0.1) is 43.4 Å². The van der Waals surface area contributed by atoms with Crippen LogP contribution in [0.15, 0.2) is 42.7 Å². The highest BCUT2D eigenvalue weighted by Crippen LogP contribution is 2.35. The Labute approximate surface area is 292 Å². The summed E-state index contributed by atoms with van der Waals surface area (Å²) in [7, 11) is 4.92. The standard InChI is InChI=1S/C19H25N3OS.C14H20O.C5H9NO3.H2/c1-13(2)18-21-12-16(24-18)15-9-10-20-17(11-15)22(3)19(23)14-7-5-4-6-8-14;1-11-10-13(8-9-14(11)15-2)12-6-4-3-5-7-12;1-8-5(7)6-4-2-9-3-4;/h9-14H,4-8H2,1-3H3;8-10,12H,3-7H2,1-2H3;4H,2-3H2,1H3,(H,6,7);1H. The van der Waals surface area contributed by atoms with E-state index in [1.807, 2.05) is 25.4 Å². The Bertz CT molecular complexity index is 1450. The number of aryl methyl sites for hydroxylation is 1. The van der Waals surface area contributed by atoms with Crippen LogP contribution in [-0.2, 0) is 14.3 Å². The predicted octanol–water partition coefficient (Wildman–Crippen LogP) is 8.91. The molecule has 6 rings (SSSR count). The number of carbonyl (C=O) groups is 2. The van der Waals surface area contributed by atoms with Crippen LogP contribution >= 0.6 is 11.3 Å². The van der Waals surface area contributed by atoms with E-state index in [1.54, 1.807) is 29.5 Å². The van der Waals surface area contributed by atoms with Gasteiger partial charge in [-0.3, -0.25) is 9.69 Å². The normalized spacial score (nSPS) is 16.8. The van der Waals surface area contributed by atoms with Crippen molar-refractivity contribution in [1.29, 1.82) is 0 Å². The van der Waals surface area contributed by atoms with Crippen molar-refractivity contribution in [2.75, 3.05) is 39.4 Å². The number of nitrogens with zero attached hydrogens (tertiary/aromatic N) is 3. The van der Waals surface area contributed by atoms with Gasteiger partial charge in [-0.15, -0.1) is 11.3 Å². The number of hydrogen-bond acceptors (Lipinski definition) is 8. The number of rotatable bonds is 7. The Morgan fingerprint density at radius 2 is 1.67 bits per heavy atom. The molecule has 9 nitrogen and oxygen atoms in total. The summed E-state index contributed by atoms with van der Waals surface area (Å²) in [4.78, 5) is 34.9. The first-order chi connectivity index (χ1) is 23.2. The Balaban J connectivity index is 0.000000221. The number of pyridine rings is 1. The maximum absolute atomic E-state index is 12.7. The molecule has 2 saturated carbocycles. The summed E-state index contributed by atoms with van der Waals surface area (Å²) in [5.74, 6) is 3.32. The number of carbonyl (C=O) groups excluding carboxylic acids is 2. The van der Waals surface area contributed by atoms with Gasteiger partial charge in [-0.05, 0) is 73.4 Å². The summed E-state index contributed by atoms with van der Waals surface area (Å²) >= 11 is 1.71. The molecule has 1 aromatic carbocycles. The van der Waals surface area contributed by atoms with E-state index in [-0.39, 0.29) is 25.4 Å². The molecule has 1 aliphatic heterocycles. The van der Waals surface area contributed by atoms with Crippen LogP contribution in [0.4, 0.5) is 10.6 Å². The third-order valence-corrected chi connectivity index (χ3v) is 10.7. The van der Waals surface area contributed by atoms with Crippen LogP contribution in [-0.4, -0.2) is 62.5 Å².